The van der Waals surface area contributed by atoms with Crippen LogP contribution in [0.4, 0.5) is 0 Å². The molecule has 0 saturated carbocycles. The number of phosphoric acid groups is 2. The largest absolute Gasteiger partial charge is 0.472 e. The first-order valence-electron chi connectivity index (χ1n) is 36.2. The van der Waals surface area contributed by atoms with Crippen LogP contribution in [-0.4, -0.2) is 96.7 Å². The number of aliphatic hydroxyl groups is 1. The molecule has 0 aromatic rings. The van der Waals surface area contributed by atoms with E-state index in [1.165, 1.54) is 135 Å². The van der Waals surface area contributed by atoms with Crippen molar-refractivity contribution < 1.29 is 80.2 Å². The number of rotatable bonds is 67. The summed E-state index contributed by atoms with van der Waals surface area (Å²) in [6.07, 6.45) is 42.0. The highest BCUT2D eigenvalue weighted by atomic mass is 31.2. The van der Waals surface area contributed by atoms with Crippen LogP contribution >= 0.6 is 15.6 Å². The summed E-state index contributed by atoms with van der Waals surface area (Å²) < 4.78 is 68.2. The fraction of sp³-hybridized carbons (Fsp3) is 0.943. The Bertz CT molecular complexity index is 1760. The van der Waals surface area contributed by atoms with E-state index in [2.05, 4.69) is 55.4 Å². The fourth-order valence-electron chi connectivity index (χ4n) is 10.5. The molecule has 0 aliphatic rings. The van der Waals surface area contributed by atoms with Crippen LogP contribution in [0.2, 0.25) is 0 Å². The number of carbonyl (C=O) groups excluding carboxylic acids is 4. The Hall–Kier alpha value is -1.94. The Morgan fingerprint density at radius 3 is 0.697 bits per heavy atom. The zero-order valence-corrected chi connectivity index (χ0v) is 59.8. The lowest BCUT2D eigenvalue weighted by atomic mass is 10.0. The van der Waals surface area contributed by atoms with E-state index < -0.39 is 97.5 Å². The van der Waals surface area contributed by atoms with Crippen LogP contribution < -0.4 is 0 Å². The van der Waals surface area contributed by atoms with Crippen LogP contribution in [-0.2, 0) is 65.4 Å². The summed E-state index contributed by atoms with van der Waals surface area (Å²) in [5.74, 6) is 0.780. The molecule has 0 aromatic carbocycles. The molecule has 17 nitrogen and oxygen atoms in total. The van der Waals surface area contributed by atoms with E-state index >= 15 is 0 Å². The van der Waals surface area contributed by atoms with Crippen molar-refractivity contribution in [2.75, 3.05) is 39.6 Å². The minimum Gasteiger partial charge on any atom is -0.462 e. The van der Waals surface area contributed by atoms with Crippen molar-refractivity contribution in [3.05, 3.63) is 0 Å². The molecule has 0 heterocycles. The molecule has 0 aliphatic heterocycles. The topological polar surface area (TPSA) is 237 Å². The first-order chi connectivity index (χ1) is 42.6. The van der Waals surface area contributed by atoms with Crippen molar-refractivity contribution in [1.29, 1.82) is 0 Å². The lowest BCUT2D eigenvalue weighted by Crippen LogP contribution is -2.30. The normalized spacial score (nSPS) is 14.3. The Kier molecular flexibility index (Phi) is 58.5. The Morgan fingerprint density at radius 2 is 0.472 bits per heavy atom. The summed E-state index contributed by atoms with van der Waals surface area (Å²) in [7, 11) is -9.90. The van der Waals surface area contributed by atoms with Crippen LogP contribution in [0.1, 0.15) is 344 Å². The number of hydrogen-bond acceptors (Lipinski definition) is 15. The Labute approximate surface area is 543 Å². The molecule has 0 aromatic heterocycles. The number of unbranched alkanes of at least 4 members (excludes halogenated alkanes) is 33. The highest BCUT2D eigenvalue weighted by Crippen LogP contribution is 2.45. The van der Waals surface area contributed by atoms with E-state index in [0.717, 1.165) is 115 Å². The monoisotopic (exact) mass is 1310 g/mol. The van der Waals surface area contributed by atoms with Crippen LogP contribution in [0, 0.1) is 23.7 Å². The molecule has 3 N–H and O–H groups in total. The molecule has 89 heavy (non-hydrogen) atoms. The van der Waals surface area contributed by atoms with Crippen molar-refractivity contribution in [2.24, 2.45) is 23.7 Å². The summed E-state index contributed by atoms with van der Waals surface area (Å²) in [5.41, 5.74) is 0. The van der Waals surface area contributed by atoms with Crippen molar-refractivity contribution >= 4 is 39.5 Å². The lowest BCUT2D eigenvalue weighted by Gasteiger charge is -2.21. The van der Waals surface area contributed by atoms with Crippen molar-refractivity contribution in [3.63, 3.8) is 0 Å². The average molecular weight is 1310 g/mol. The summed E-state index contributed by atoms with van der Waals surface area (Å²) in [4.78, 5) is 72.4. The Balaban J connectivity index is 5.19. The van der Waals surface area contributed by atoms with Gasteiger partial charge in [0.05, 0.1) is 26.4 Å². The highest BCUT2D eigenvalue weighted by Gasteiger charge is 2.30. The van der Waals surface area contributed by atoms with E-state index in [1.54, 1.807) is 0 Å². The molecule has 19 heteroatoms. The molecule has 5 atom stereocenters. The quantitative estimate of drug-likeness (QED) is 0.0222. The predicted octanol–water partition coefficient (Wildman–Crippen LogP) is 19.7. The number of hydrogen-bond donors (Lipinski definition) is 3. The average Bonchev–Trinajstić information content (AvgIpc) is 3.69. The number of ether oxygens (including phenoxy) is 4. The third-order valence-corrected chi connectivity index (χ3v) is 18.0. The number of aliphatic hydroxyl groups excluding tert-OH is 1. The first kappa shape index (κ1) is 87.1. The summed E-state index contributed by atoms with van der Waals surface area (Å²) >= 11 is 0. The van der Waals surface area contributed by atoms with Gasteiger partial charge in [0.1, 0.15) is 19.3 Å². The molecule has 0 radical (unpaired) electrons. The maximum Gasteiger partial charge on any atom is 0.472 e. The summed E-state index contributed by atoms with van der Waals surface area (Å²) in [6, 6.07) is 0. The standard InChI is InChI=1S/C70H136O17P2/c1-60(2)46-38-30-22-18-14-12-10-9-11-13-15-20-24-36-44-52-69(74)86-65(56-80-67(72)50-42-34-28-26-32-40-48-62(5)6)58-84-88(76,77)82-54-64(71)55-83-89(78,79)85-59-66(57-81-68(73)51-43-35-29-27-33-41-49-63(7)8)87-70(75)53-45-37-25-21-17-16-19-23-31-39-47-61(3)4/h60-66,71H,9-59H2,1-8H3,(H,76,77)(H,78,79)/t64?,65-,66-/m1/s1. The van der Waals surface area contributed by atoms with E-state index in [1.807, 2.05) is 0 Å². The van der Waals surface area contributed by atoms with Gasteiger partial charge in [-0.3, -0.25) is 37.3 Å². The van der Waals surface area contributed by atoms with Gasteiger partial charge in [0.2, 0.25) is 0 Å². The van der Waals surface area contributed by atoms with Crippen molar-refractivity contribution in [3.8, 4) is 0 Å². The van der Waals surface area contributed by atoms with Crippen LogP contribution in [0.25, 0.3) is 0 Å². The van der Waals surface area contributed by atoms with Gasteiger partial charge < -0.3 is 33.8 Å². The summed E-state index contributed by atoms with van der Waals surface area (Å²) in [6.45, 7) is 14.0. The van der Waals surface area contributed by atoms with Gasteiger partial charge in [-0.25, -0.2) is 9.13 Å². The maximum absolute atomic E-state index is 13.0. The molecule has 0 aliphatic carbocycles. The number of phosphoric ester groups is 2. The van der Waals surface area contributed by atoms with Crippen LogP contribution in [0.15, 0.2) is 0 Å². The maximum atomic E-state index is 13.0. The second kappa shape index (κ2) is 59.8. The summed E-state index contributed by atoms with van der Waals surface area (Å²) in [5, 5.41) is 10.6. The van der Waals surface area contributed by atoms with Crippen LogP contribution in [0.3, 0.4) is 0 Å². The number of carbonyl (C=O) groups is 4. The van der Waals surface area contributed by atoms with E-state index in [9.17, 15) is 43.2 Å². The molecule has 528 valence electrons. The number of esters is 4. The second-order valence-electron chi connectivity index (χ2n) is 27.2. The van der Waals surface area contributed by atoms with Crippen LogP contribution in [0.5, 0.6) is 0 Å². The first-order valence-corrected chi connectivity index (χ1v) is 39.2. The smallest absolute Gasteiger partial charge is 0.462 e. The molecule has 0 fully saturated rings. The molecule has 3 unspecified atom stereocenters. The van der Waals surface area contributed by atoms with Gasteiger partial charge in [0, 0.05) is 25.7 Å². The van der Waals surface area contributed by atoms with Gasteiger partial charge in [-0.1, -0.05) is 293 Å². The molecular weight excluding hydrogens is 1170 g/mol. The Morgan fingerprint density at radius 1 is 0.281 bits per heavy atom. The van der Waals surface area contributed by atoms with Gasteiger partial charge in [-0.05, 0) is 49.4 Å². The third kappa shape index (κ3) is 64.6. The second-order valence-corrected chi connectivity index (χ2v) is 30.1. The van der Waals surface area contributed by atoms with Gasteiger partial charge in [0.25, 0.3) is 0 Å². The zero-order valence-electron chi connectivity index (χ0n) is 58.1. The van der Waals surface area contributed by atoms with Crippen molar-refractivity contribution in [1.82, 2.24) is 0 Å². The highest BCUT2D eigenvalue weighted by molar-refractivity contribution is 7.47. The minimum atomic E-state index is -4.95. The van der Waals surface area contributed by atoms with E-state index in [4.69, 9.17) is 37.0 Å². The van der Waals surface area contributed by atoms with Gasteiger partial charge in [0.15, 0.2) is 12.2 Å². The minimum absolute atomic E-state index is 0.104. The van der Waals surface area contributed by atoms with E-state index in [0.29, 0.717) is 37.5 Å². The SMILES string of the molecule is CC(C)CCCCCCCCCCCCCCCCCC(=O)O[C@H](COC(=O)CCCCCCCCC(C)C)COP(=O)(O)OCC(O)COP(=O)(O)OC[C@@H](COC(=O)CCCCCCCCC(C)C)OC(=O)CCCCCCCCCCCCC(C)C. The third-order valence-electron chi connectivity index (χ3n) is 16.1. The fourth-order valence-corrected chi connectivity index (χ4v) is 12.1. The van der Waals surface area contributed by atoms with E-state index in [-0.39, 0.29) is 25.7 Å². The molecule has 0 rings (SSSR count). The van der Waals surface area contributed by atoms with Gasteiger partial charge in [-0.15, -0.1) is 0 Å². The van der Waals surface area contributed by atoms with Gasteiger partial charge >= 0.3 is 39.5 Å². The molecule has 0 amide bonds. The predicted molar refractivity (Wildman–Crippen MR) is 358 cm³/mol. The molecule has 0 spiro atoms. The molecule has 0 bridgehead atoms. The van der Waals surface area contributed by atoms with Gasteiger partial charge in [-0.2, -0.15) is 0 Å². The molecular formula is C70H136O17P2. The van der Waals surface area contributed by atoms with Crippen molar-refractivity contribution in [2.45, 2.75) is 363 Å². The lowest BCUT2D eigenvalue weighted by molar-refractivity contribution is -0.161. The molecule has 0 saturated heterocycles. The zero-order chi connectivity index (χ0) is 66.1.